The Morgan fingerprint density at radius 2 is 2.26 bits per heavy atom. The number of rotatable bonds is 6. The van der Waals surface area contributed by atoms with E-state index in [0.717, 1.165) is 28.6 Å². The SMILES string of the molecule is Cc1ccc(N/C=C\C(=N)CCC2CCC2)cc1Cl. The van der Waals surface area contributed by atoms with Crippen molar-refractivity contribution in [1.82, 2.24) is 0 Å². The lowest BCUT2D eigenvalue weighted by Crippen LogP contribution is -2.11. The van der Waals surface area contributed by atoms with Crippen molar-refractivity contribution in [1.29, 1.82) is 5.41 Å². The highest BCUT2D eigenvalue weighted by atomic mass is 35.5. The molecule has 0 unspecified atom stereocenters. The van der Waals surface area contributed by atoms with Gasteiger partial charge in [0.05, 0.1) is 0 Å². The molecule has 1 aromatic rings. The predicted molar refractivity (Wildman–Crippen MR) is 83.3 cm³/mol. The number of allylic oxidation sites excluding steroid dienone is 1. The second-order valence-corrected chi connectivity index (χ2v) is 5.71. The fourth-order valence-electron chi connectivity index (χ4n) is 2.15. The number of anilines is 1. The van der Waals surface area contributed by atoms with Crippen LogP contribution in [0.1, 0.15) is 37.7 Å². The molecule has 0 aromatic heterocycles. The van der Waals surface area contributed by atoms with Gasteiger partial charge in [0.1, 0.15) is 0 Å². The molecule has 0 radical (unpaired) electrons. The molecule has 1 aliphatic carbocycles. The van der Waals surface area contributed by atoms with Gasteiger partial charge in [-0.1, -0.05) is 36.9 Å². The zero-order valence-electron chi connectivity index (χ0n) is 11.4. The number of hydrogen-bond acceptors (Lipinski definition) is 2. The first-order chi connectivity index (χ1) is 9.15. The van der Waals surface area contributed by atoms with E-state index in [0.29, 0.717) is 5.71 Å². The standard InChI is InChI=1S/C16H21ClN2/c1-12-5-8-15(11-16(12)17)19-10-9-14(18)7-6-13-3-2-4-13/h5,8-11,13,18-19H,2-4,6-7H2,1H3/b10-9-,18-14?. The molecule has 1 saturated carbocycles. The Kier molecular flexibility index (Phi) is 5.03. The molecular weight excluding hydrogens is 256 g/mol. The highest BCUT2D eigenvalue weighted by Crippen LogP contribution is 2.30. The topological polar surface area (TPSA) is 35.9 Å². The molecule has 102 valence electrons. The monoisotopic (exact) mass is 276 g/mol. The predicted octanol–water partition coefficient (Wildman–Crippen LogP) is 5.17. The average Bonchev–Trinajstić information content (AvgIpc) is 2.32. The zero-order chi connectivity index (χ0) is 13.7. The van der Waals surface area contributed by atoms with Crippen molar-refractivity contribution >= 4 is 23.0 Å². The van der Waals surface area contributed by atoms with Gasteiger partial charge >= 0.3 is 0 Å². The fourth-order valence-corrected chi connectivity index (χ4v) is 2.33. The summed E-state index contributed by atoms with van der Waals surface area (Å²) in [5.74, 6) is 0.873. The second-order valence-electron chi connectivity index (χ2n) is 5.30. The Hall–Kier alpha value is -1.28. The Labute approximate surface area is 120 Å². The van der Waals surface area contributed by atoms with Crippen molar-refractivity contribution in [2.24, 2.45) is 5.92 Å². The van der Waals surface area contributed by atoms with E-state index in [9.17, 15) is 0 Å². The minimum Gasteiger partial charge on any atom is -0.362 e. The van der Waals surface area contributed by atoms with Gasteiger partial charge in [-0.05, 0) is 49.5 Å². The molecular formula is C16H21ClN2. The molecule has 2 N–H and O–H groups in total. The maximum Gasteiger partial charge on any atom is 0.0455 e. The first-order valence-electron chi connectivity index (χ1n) is 6.92. The van der Waals surface area contributed by atoms with E-state index >= 15 is 0 Å². The third kappa shape index (κ3) is 4.39. The van der Waals surface area contributed by atoms with Gasteiger partial charge in [0.25, 0.3) is 0 Å². The molecule has 0 aliphatic heterocycles. The first-order valence-corrected chi connectivity index (χ1v) is 7.29. The summed E-state index contributed by atoms with van der Waals surface area (Å²) in [4.78, 5) is 0. The normalized spacial score (nSPS) is 15.5. The molecule has 0 spiro atoms. The van der Waals surface area contributed by atoms with Crippen LogP contribution in [0.2, 0.25) is 5.02 Å². The molecule has 3 heteroatoms. The lowest BCUT2D eigenvalue weighted by Gasteiger charge is -2.24. The Morgan fingerprint density at radius 3 is 2.89 bits per heavy atom. The molecule has 2 nitrogen and oxygen atoms in total. The van der Waals surface area contributed by atoms with Crippen molar-refractivity contribution in [2.75, 3.05) is 5.32 Å². The van der Waals surface area contributed by atoms with E-state index in [1.807, 2.05) is 37.4 Å². The van der Waals surface area contributed by atoms with Crippen molar-refractivity contribution in [3.05, 3.63) is 41.1 Å². The Morgan fingerprint density at radius 1 is 1.47 bits per heavy atom. The van der Waals surface area contributed by atoms with Crippen molar-refractivity contribution < 1.29 is 0 Å². The van der Waals surface area contributed by atoms with Gasteiger partial charge in [-0.3, -0.25) is 0 Å². The summed E-state index contributed by atoms with van der Waals surface area (Å²) in [5.41, 5.74) is 2.72. The smallest absolute Gasteiger partial charge is 0.0455 e. The van der Waals surface area contributed by atoms with Gasteiger partial charge in [0.15, 0.2) is 0 Å². The second kappa shape index (κ2) is 6.76. The van der Waals surface area contributed by atoms with E-state index in [4.69, 9.17) is 17.0 Å². The molecule has 0 heterocycles. The fraction of sp³-hybridized carbons (Fsp3) is 0.438. The molecule has 0 atom stereocenters. The van der Waals surface area contributed by atoms with Gasteiger partial charge in [-0.25, -0.2) is 0 Å². The highest BCUT2D eigenvalue weighted by molar-refractivity contribution is 6.31. The number of halogens is 1. The molecule has 19 heavy (non-hydrogen) atoms. The number of nitrogens with one attached hydrogen (secondary N) is 2. The number of aryl methyl sites for hydroxylation is 1. The minimum atomic E-state index is 0.692. The van der Waals surface area contributed by atoms with Crippen LogP contribution >= 0.6 is 11.6 Å². The summed E-state index contributed by atoms with van der Waals surface area (Å²) in [6, 6.07) is 5.88. The van der Waals surface area contributed by atoms with Gasteiger partial charge in [0.2, 0.25) is 0 Å². The summed E-state index contributed by atoms with van der Waals surface area (Å²) < 4.78 is 0. The van der Waals surface area contributed by atoms with E-state index in [1.165, 1.54) is 25.7 Å². The zero-order valence-corrected chi connectivity index (χ0v) is 12.1. The Balaban J connectivity index is 1.75. The van der Waals surface area contributed by atoms with Crippen LogP contribution in [-0.4, -0.2) is 5.71 Å². The molecule has 1 fully saturated rings. The van der Waals surface area contributed by atoms with Crippen molar-refractivity contribution in [3.63, 3.8) is 0 Å². The van der Waals surface area contributed by atoms with E-state index in [2.05, 4.69) is 5.32 Å². The molecule has 0 saturated heterocycles. The van der Waals surface area contributed by atoms with E-state index in [-0.39, 0.29) is 0 Å². The third-order valence-corrected chi connectivity index (χ3v) is 4.16. The largest absolute Gasteiger partial charge is 0.362 e. The lowest BCUT2D eigenvalue weighted by atomic mass is 9.82. The van der Waals surface area contributed by atoms with Crippen LogP contribution < -0.4 is 5.32 Å². The van der Waals surface area contributed by atoms with Gasteiger partial charge < -0.3 is 10.7 Å². The highest BCUT2D eigenvalue weighted by Gasteiger charge is 2.16. The molecule has 1 aromatic carbocycles. The van der Waals surface area contributed by atoms with E-state index < -0.39 is 0 Å². The molecule has 0 bridgehead atoms. The molecule has 1 aliphatic rings. The average molecular weight is 277 g/mol. The maximum absolute atomic E-state index is 7.87. The Bertz CT molecular complexity index is 476. The van der Waals surface area contributed by atoms with Gasteiger partial charge in [0, 0.05) is 22.6 Å². The van der Waals surface area contributed by atoms with Crippen LogP contribution in [0.5, 0.6) is 0 Å². The van der Waals surface area contributed by atoms with E-state index in [1.54, 1.807) is 0 Å². The third-order valence-electron chi connectivity index (χ3n) is 3.75. The first kappa shape index (κ1) is 14.1. The van der Waals surface area contributed by atoms with Crippen LogP contribution in [0.3, 0.4) is 0 Å². The van der Waals surface area contributed by atoms with Gasteiger partial charge in [-0.15, -0.1) is 0 Å². The summed E-state index contributed by atoms with van der Waals surface area (Å²) >= 11 is 6.06. The van der Waals surface area contributed by atoms with Crippen LogP contribution in [0.25, 0.3) is 0 Å². The van der Waals surface area contributed by atoms with Crippen LogP contribution in [0.15, 0.2) is 30.5 Å². The van der Waals surface area contributed by atoms with Crippen molar-refractivity contribution in [2.45, 2.75) is 39.0 Å². The maximum atomic E-state index is 7.87. The van der Waals surface area contributed by atoms with Crippen molar-refractivity contribution in [3.8, 4) is 0 Å². The summed E-state index contributed by atoms with van der Waals surface area (Å²) in [7, 11) is 0. The van der Waals surface area contributed by atoms with Crippen LogP contribution in [0, 0.1) is 18.3 Å². The summed E-state index contributed by atoms with van der Waals surface area (Å²) in [6.07, 6.45) is 9.81. The minimum absolute atomic E-state index is 0.692. The molecule has 2 rings (SSSR count). The van der Waals surface area contributed by atoms with Crippen LogP contribution in [0.4, 0.5) is 5.69 Å². The summed E-state index contributed by atoms with van der Waals surface area (Å²) in [5, 5.41) is 11.8. The lowest BCUT2D eigenvalue weighted by molar-refractivity contribution is 0.300. The molecule has 0 amide bonds. The number of hydrogen-bond donors (Lipinski definition) is 2. The summed E-state index contributed by atoms with van der Waals surface area (Å²) in [6.45, 7) is 1.98. The van der Waals surface area contributed by atoms with Crippen LogP contribution in [-0.2, 0) is 0 Å². The number of benzene rings is 1. The van der Waals surface area contributed by atoms with Gasteiger partial charge in [-0.2, -0.15) is 0 Å². The quantitative estimate of drug-likeness (QED) is 0.691.